The Hall–Kier alpha value is -2.28. The van der Waals surface area contributed by atoms with Gasteiger partial charge in [0.15, 0.2) is 18.1 Å². The number of methoxy groups -OCH3 is 1. The van der Waals surface area contributed by atoms with Gasteiger partial charge in [0, 0.05) is 32.1 Å². The molecule has 2 fully saturated rings. The first kappa shape index (κ1) is 21.4. The Morgan fingerprint density at radius 3 is 2.34 bits per heavy atom. The first-order valence-corrected chi connectivity index (χ1v) is 10.4. The lowest BCUT2D eigenvalue weighted by Crippen LogP contribution is -2.52. The standard InChI is InChI=1S/C22H32N2O5/c1-15-5-6-19(20(11-15)27-4)28-14-21(25)23-9-7-18(8-10-23)22(26)24-12-16(2)29-17(3)13-24/h5-6,11,16-18H,7-10,12-14H2,1-4H3. The predicted molar refractivity (Wildman–Crippen MR) is 109 cm³/mol. The number of rotatable bonds is 5. The number of benzene rings is 1. The zero-order valence-corrected chi connectivity index (χ0v) is 17.8. The summed E-state index contributed by atoms with van der Waals surface area (Å²) in [6, 6.07) is 5.62. The molecule has 0 radical (unpaired) electrons. The van der Waals surface area contributed by atoms with Gasteiger partial charge in [-0.15, -0.1) is 0 Å². The second kappa shape index (κ2) is 9.48. The molecule has 7 nitrogen and oxygen atoms in total. The van der Waals surface area contributed by atoms with Crippen molar-refractivity contribution in [3.05, 3.63) is 23.8 Å². The van der Waals surface area contributed by atoms with Crippen molar-refractivity contribution in [3.8, 4) is 11.5 Å². The number of amides is 2. The number of hydrogen-bond donors (Lipinski definition) is 0. The van der Waals surface area contributed by atoms with E-state index in [4.69, 9.17) is 14.2 Å². The van der Waals surface area contributed by atoms with E-state index in [0.717, 1.165) is 5.56 Å². The third kappa shape index (κ3) is 5.41. The Bertz CT molecular complexity index is 720. The number of piperidine rings is 1. The summed E-state index contributed by atoms with van der Waals surface area (Å²) in [6.45, 7) is 8.40. The van der Waals surface area contributed by atoms with Crippen molar-refractivity contribution < 1.29 is 23.8 Å². The van der Waals surface area contributed by atoms with Crippen LogP contribution in [0.3, 0.4) is 0 Å². The van der Waals surface area contributed by atoms with Gasteiger partial charge in [-0.3, -0.25) is 9.59 Å². The van der Waals surface area contributed by atoms with Crippen LogP contribution in [-0.4, -0.2) is 73.7 Å². The average Bonchev–Trinajstić information content (AvgIpc) is 2.71. The number of aryl methyl sites for hydroxylation is 1. The van der Waals surface area contributed by atoms with Crippen molar-refractivity contribution in [1.82, 2.24) is 9.80 Å². The van der Waals surface area contributed by atoms with Crippen LogP contribution in [0.2, 0.25) is 0 Å². The third-order valence-electron chi connectivity index (χ3n) is 5.60. The molecule has 2 saturated heterocycles. The molecule has 2 atom stereocenters. The van der Waals surface area contributed by atoms with E-state index in [1.165, 1.54) is 0 Å². The van der Waals surface area contributed by atoms with Crippen LogP contribution in [0.25, 0.3) is 0 Å². The van der Waals surface area contributed by atoms with E-state index in [1.807, 2.05) is 43.9 Å². The Morgan fingerprint density at radius 2 is 1.72 bits per heavy atom. The number of carbonyl (C=O) groups is 2. The van der Waals surface area contributed by atoms with Gasteiger partial charge >= 0.3 is 0 Å². The number of carbonyl (C=O) groups excluding carboxylic acids is 2. The van der Waals surface area contributed by atoms with Crippen molar-refractivity contribution in [2.24, 2.45) is 5.92 Å². The molecule has 0 aliphatic carbocycles. The molecule has 2 heterocycles. The van der Waals surface area contributed by atoms with Crippen molar-refractivity contribution in [2.75, 3.05) is 39.9 Å². The third-order valence-corrected chi connectivity index (χ3v) is 5.60. The Kier molecular flexibility index (Phi) is 7.00. The number of hydrogen-bond acceptors (Lipinski definition) is 5. The van der Waals surface area contributed by atoms with E-state index < -0.39 is 0 Å². The lowest BCUT2D eigenvalue weighted by molar-refractivity contribution is -0.150. The van der Waals surface area contributed by atoms with Gasteiger partial charge in [-0.05, 0) is 51.3 Å². The van der Waals surface area contributed by atoms with Gasteiger partial charge in [0.25, 0.3) is 5.91 Å². The largest absolute Gasteiger partial charge is 0.493 e. The van der Waals surface area contributed by atoms with E-state index >= 15 is 0 Å². The van der Waals surface area contributed by atoms with Gasteiger partial charge in [0.1, 0.15) is 0 Å². The highest BCUT2D eigenvalue weighted by Crippen LogP contribution is 2.28. The van der Waals surface area contributed by atoms with Gasteiger partial charge in [-0.2, -0.15) is 0 Å². The molecule has 7 heteroatoms. The van der Waals surface area contributed by atoms with Crippen LogP contribution in [0.1, 0.15) is 32.3 Å². The molecule has 3 rings (SSSR count). The van der Waals surface area contributed by atoms with Gasteiger partial charge in [-0.1, -0.05) is 6.07 Å². The van der Waals surface area contributed by atoms with Gasteiger partial charge in [0.05, 0.1) is 19.3 Å². The highest BCUT2D eigenvalue weighted by atomic mass is 16.5. The minimum atomic E-state index is -0.0628. The quantitative estimate of drug-likeness (QED) is 0.753. The second-order valence-corrected chi connectivity index (χ2v) is 8.10. The number of nitrogens with zero attached hydrogens (tertiary/aromatic N) is 2. The SMILES string of the molecule is COc1cc(C)ccc1OCC(=O)N1CCC(C(=O)N2CC(C)OC(C)C2)CC1. The van der Waals surface area contributed by atoms with Crippen LogP contribution in [0, 0.1) is 12.8 Å². The molecular weight excluding hydrogens is 372 g/mol. The molecule has 2 aliphatic heterocycles. The van der Waals surface area contributed by atoms with Crippen LogP contribution in [-0.2, 0) is 14.3 Å². The molecule has 0 aromatic heterocycles. The van der Waals surface area contributed by atoms with Crippen LogP contribution in [0.15, 0.2) is 18.2 Å². The molecule has 160 valence electrons. The highest BCUT2D eigenvalue weighted by molar-refractivity contribution is 5.81. The van der Waals surface area contributed by atoms with E-state index in [0.29, 0.717) is 50.5 Å². The summed E-state index contributed by atoms with van der Waals surface area (Å²) in [5.74, 6) is 1.30. The lowest BCUT2D eigenvalue weighted by atomic mass is 9.94. The van der Waals surface area contributed by atoms with Crippen molar-refractivity contribution in [1.29, 1.82) is 0 Å². The maximum atomic E-state index is 12.9. The average molecular weight is 405 g/mol. The van der Waals surface area contributed by atoms with E-state index in [-0.39, 0.29) is 36.5 Å². The zero-order chi connectivity index (χ0) is 21.0. The Balaban J connectivity index is 1.47. The minimum absolute atomic E-state index is 0.0188. The molecular formula is C22H32N2O5. The van der Waals surface area contributed by atoms with Crippen molar-refractivity contribution in [2.45, 2.75) is 45.8 Å². The normalized spacial score (nSPS) is 23.0. The molecule has 2 aliphatic rings. The number of morpholine rings is 1. The van der Waals surface area contributed by atoms with E-state index in [2.05, 4.69) is 0 Å². The molecule has 2 unspecified atom stereocenters. The molecule has 29 heavy (non-hydrogen) atoms. The summed E-state index contributed by atoms with van der Waals surface area (Å²) in [7, 11) is 1.58. The smallest absolute Gasteiger partial charge is 0.260 e. The summed E-state index contributed by atoms with van der Waals surface area (Å²) >= 11 is 0. The summed E-state index contributed by atoms with van der Waals surface area (Å²) in [4.78, 5) is 29.1. The maximum absolute atomic E-state index is 12.9. The summed E-state index contributed by atoms with van der Waals surface area (Å²) in [5, 5.41) is 0. The Morgan fingerprint density at radius 1 is 1.07 bits per heavy atom. The second-order valence-electron chi connectivity index (χ2n) is 8.10. The first-order chi connectivity index (χ1) is 13.9. The summed E-state index contributed by atoms with van der Waals surface area (Å²) in [6.07, 6.45) is 1.53. The van der Waals surface area contributed by atoms with Gasteiger partial charge < -0.3 is 24.0 Å². The number of likely N-dealkylation sites (tertiary alicyclic amines) is 1. The van der Waals surface area contributed by atoms with Gasteiger partial charge in [-0.25, -0.2) is 0 Å². The van der Waals surface area contributed by atoms with Crippen molar-refractivity contribution in [3.63, 3.8) is 0 Å². The molecule has 0 bridgehead atoms. The van der Waals surface area contributed by atoms with Gasteiger partial charge in [0.2, 0.25) is 5.91 Å². The van der Waals surface area contributed by atoms with Crippen LogP contribution < -0.4 is 9.47 Å². The zero-order valence-electron chi connectivity index (χ0n) is 17.8. The van der Waals surface area contributed by atoms with Crippen LogP contribution in [0.5, 0.6) is 11.5 Å². The van der Waals surface area contributed by atoms with E-state index in [1.54, 1.807) is 12.0 Å². The topological polar surface area (TPSA) is 68.3 Å². The lowest BCUT2D eigenvalue weighted by Gasteiger charge is -2.39. The maximum Gasteiger partial charge on any atom is 0.260 e. The molecule has 0 saturated carbocycles. The monoisotopic (exact) mass is 404 g/mol. The summed E-state index contributed by atoms with van der Waals surface area (Å²) < 4.78 is 16.7. The van der Waals surface area contributed by atoms with E-state index in [9.17, 15) is 9.59 Å². The minimum Gasteiger partial charge on any atom is -0.493 e. The Labute approximate surface area is 172 Å². The fraction of sp³-hybridized carbons (Fsp3) is 0.636. The molecule has 0 spiro atoms. The van der Waals surface area contributed by atoms with Crippen LogP contribution in [0.4, 0.5) is 0 Å². The molecule has 1 aromatic carbocycles. The number of ether oxygens (including phenoxy) is 3. The highest BCUT2D eigenvalue weighted by Gasteiger charge is 2.33. The molecule has 0 N–H and O–H groups in total. The van der Waals surface area contributed by atoms with Crippen molar-refractivity contribution >= 4 is 11.8 Å². The fourth-order valence-electron chi connectivity index (χ4n) is 4.12. The predicted octanol–water partition coefficient (Wildman–Crippen LogP) is 2.26. The molecule has 2 amide bonds. The molecule has 1 aromatic rings. The fourth-order valence-corrected chi connectivity index (χ4v) is 4.12. The first-order valence-electron chi connectivity index (χ1n) is 10.4. The van der Waals surface area contributed by atoms with Crippen LogP contribution >= 0.6 is 0 Å². The summed E-state index contributed by atoms with van der Waals surface area (Å²) in [5.41, 5.74) is 1.07.